The van der Waals surface area contributed by atoms with Gasteiger partial charge in [-0.2, -0.15) is 0 Å². The van der Waals surface area contributed by atoms with Gasteiger partial charge in [0.15, 0.2) is 0 Å². The van der Waals surface area contributed by atoms with Gasteiger partial charge in [-0.05, 0) is 0 Å². The van der Waals surface area contributed by atoms with Crippen molar-refractivity contribution in [3.05, 3.63) is 30.3 Å². The van der Waals surface area contributed by atoms with E-state index >= 15 is 0 Å². The number of hydrogen-bond donors (Lipinski definition) is 3. The Hall–Kier alpha value is -0.650. The van der Waals surface area contributed by atoms with Gasteiger partial charge in [0.2, 0.25) is 0 Å². The Balaban J connectivity index is 0.000000506. The maximum absolute atomic E-state index is 10.9. The molecule has 3 N–H and O–H groups in total. The van der Waals surface area contributed by atoms with Crippen LogP contribution in [0.3, 0.4) is 0 Å². The molecule has 0 atom stereocenters. The fourth-order valence-corrected chi connectivity index (χ4v) is 5.01. The van der Waals surface area contributed by atoms with Crippen LogP contribution in [-0.4, -0.2) is 12.5 Å². The summed E-state index contributed by atoms with van der Waals surface area (Å²) in [6.07, 6.45) is 0. The fourth-order valence-electron chi connectivity index (χ4n) is 0.822. The first kappa shape index (κ1) is 23.3. The zero-order valence-corrected chi connectivity index (χ0v) is 16.0. The van der Waals surface area contributed by atoms with Crippen molar-refractivity contribution in [2.24, 2.45) is 0 Å². The van der Waals surface area contributed by atoms with Gasteiger partial charge in [0.25, 0.3) is 0 Å². The molecule has 0 aromatic heterocycles. The molecular formula is C6H8Cr4O14. The van der Waals surface area contributed by atoms with E-state index in [-0.39, 0.29) is 5.75 Å². The molecule has 18 heteroatoms. The van der Waals surface area contributed by atoms with Gasteiger partial charge in [-0.3, -0.25) is 0 Å². The van der Waals surface area contributed by atoms with Crippen molar-refractivity contribution in [2.45, 2.75) is 0 Å². The van der Waals surface area contributed by atoms with Crippen molar-refractivity contribution in [1.82, 2.24) is 0 Å². The summed E-state index contributed by atoms with van der Waals surface area (Å²) in [5.41, 5.74) is 0. The summed E-state index contributed by atoms with van der Waals surface area (Å²) in [6.45, 7) is 0. The third-order valence-electron chi connectivity index (χ3n) is 1.28. The van der Waals surface area contributed by atoms with Crippen molar-refractivity contribution in [3.8, 4) is 5.75 Å². The topological polar surface area (TPSA) is 225 Å². The average Bonchev–Trinajstić information content (AvgIpc) is 2.21. The molecular weight excluding hydrogens is 504 g/mol. The van der Waals surface area contributed by atoms with Gasteiger partial charge in [-0.15, -0.1) is 0 Å². The summed E-state index contributed by atoms with van der Waals surface area (Å²) < 4.78 is 114. The number of benzene rings is 1. The Kier molecular flexibility index (Phi) is 8.40. The van der Waals surface area contributed by atoms with Gasteiger partial charge in [-0.25, -0.2) is 0 Å². The van der Waals surface area contributed by atoms with Crippen LogP contribution in [0.15, 0.2) is 30.3 Å². The zero-order valence-electron chi connectivity index (χ0n) is 10.9. The van der Waals surface area contributed by atoms with E-state index in [1.807, 2.05) is 0 Å². The molecule has 0 amide bonds. The molecule has 0 radical (unpaired) electrons. The van der Waals surface area contributed by atoms with Crippen molar-refractivity contribution < 1.29 is 107 Å². The molecule has 1 aromatic carbocycles. The van der Waals surface area contributed by atoms with Gasteiger partial charge in [0.1, 0.15) is 0 Å². The molecule has 1 aromatic rings. The Morgan fingerprint density at radius 1 is 0.625 bits per heavy atom. The second kappa shape index (κ2) is 8.63. The van der Waals surface area contributed by atoms with Gasteiger partial charge < -0.3 is 0 Å². The van der Waals surface area contributed by atoms with Crippen LogP contribution >= 0.6 is 0 Å². The van der Waals surface area contributed by atoms with Crippen molar-refractivity contribution in [1.29, 1.82) is 0 Å². The molecule has 0 spiro atoms. The Bertz CT molecular complexity index is 909. The van der Waals surface area contributed by atoms with E-state index in [9.17, 15) is 30.4 Å². The summed E-state index contributed by atoms with van der Waals surface area (Å²) >= 11 is -22.9. The quantitative estimate of drug-likeness (QED) is 0.406. The molecule has 0 aliphatic rings. The SMILES string of the molecule is [O]=[Cr](=[O])([OH])[O][Cr](=[O])(=[O])[OH].[O]=[Cr](=[O])([OH])[O][Cr](=[O])(=[O])[O]c1ccccc1. The Morgan fingerprint density at radius 2 is 1.00 bits per heavy atom. The van der Waals surface area contributed by atoms with E-state index in [0.717, 1.165) is 0 Å². The number of rotatable bonds is 6. The van der Waals surface area contributed by atoms with Crippen LogP contribution in [0.5, 0.6) is 5.75 Å². The van der Waals surface area contributed by atoms with Crippen LogP contribution in [0.25, 0.3) is 0 Å². The summed E-state index contributed by atoms with van der Waals surface area (Å²) in [5.74, 6) is -0.0937. The monoisotopic (exact) mass is 512 g/mol. The van der Waals surface area contributed by atoms with Crippen LogP contribution < -0.4 is 3.79 Å². The summed E-state index contributed by atoms with van der Waals surface area (Å²) in [5, 5.41) is 0. The van der Waals surface area contributed by atoms with E-state index < -0.39 is 54.5 Å². The predicted molar refractivity (Wildman–Crippen MR) is 41.4 cm³/mol. The maximum atomic E-state index is 10.9. The van der Waals surface area contributed by atoms with E-state index in [4.69, 9.17) is 12.5 Å². The van der Waals surface area contributed by atoms with Gasteiger partial charge >= 0.3 is 143 Å². The Morgan fingerprint density at radius 3 is 1.29 bits per heavy atom. The van der Waals surface area contributed by atoms with Gasteiger partial charge in [0, 0.05) is 0 Å². The second-order valence-electron chi connectivity index (χ2n) is 3.22. The van der Waals surface area contributed by atoms with E-state index in [1.165, 1.54) is 24.3 Å². The fraction of sp³-hybridized carbons (Fsp3) is 0. The van der Waals surface area contributed by atoms with Gasteiger partial charge in [0.05, 0.1) is 0 Å². The number of para-hydroxylation sites is 1. The molecule has 0 bridgehead atoms. The average molecular weight is 512 g/mol. The minimum absolute atomic E-state index is 0.0937. The molecule has 0 saturated carbocycles. The zero-order chi connectivity index (χ0) is 19.2. The first-order valence-electron chi connectivity index (χ1n) is 4.83. The van der Waals surface area contributed by atoms with Crippen LogP contribution in [0, 0.1) is 0 Å². The molecule has 0 saturated heterocycles. The van der Waals surface area contributed by atoms with Crippen LogP contribution in [0.2, 0.25) is 0 Å². The van der Waals surface area contributed by atoms with Crippen molar-refractivity contribution >= 4 is 0 Å². The molecule has 24 heavy (non-hydrogen) atoms. The molecule has 0 unspecified atom stereocenters. The normalized spacial score (nSPS) is 12.8. The van der Waals surface area contributed by atoms with Crippen LogP contribution in [-0.2, 0) is 90.6 Å². The van der Waals surface area contributed by atoms with Crippen molar-refractivity contribution in [3.63, 3.8) is 0 Å². The molecule has 0 fully saturated rings. The first-order valence-corrected chi connectivity index (χ1v) is 13.3. The first-order chi connectivity index (χ1) is 10.5. The molecule has 0 aliphatic heterocycles. The number of hydrogen-bond acceptors (Lipinski definition) is 11. The summed E-state index contributed by atoms with van der Waals surface area (Å²) in [7, 11) is 0. The van der Waals surface area contributed by atoms with E-state index in [2.05, 4.69) is 9.47 Å². The predicted octanol–water partition coefficient (Wildman–Crippen LogP) is -1.24. The molecule has 0 aliphatic carbocycles. The van der Waals surface area contributed by atoms with Crippen LogP contribution in [0.4, 0.5) is 0 Å². The van der Waals surface area contributed by atoms with Crippen LogP contribution in [0.1, 0.15) is 0 Å². The van der Waals surface area contributed by atoms with Gasteiger partial charge in [-0.1, -0.05) is 0 Å². The second-order valence-corrected chi connectivity index (χ2v) is 10.9. The Labute approximate surface area is 142 Å². The standard InChI is InChI=1S/C6H6O.4Cr.3H2O.10O/c7-6-4-2-1-3-5-6;;;;;;;;;;;;;;;;;/h1-5,7H;;;;;3*1H2;;;;;;;;;;/q;4*+1;;;;;;;;;;;;;/p-4. The third-order valence-corrected chi connectivity index (χ3v) is 7.36. The summed E-state index contributed by atoms with van der Waals surface area (Å²) in [4.78, 5) is 0. The van der Waals surface area contributed by atoms with E-state index in [0.29, 0.717) is 0 Å². The molecule has 0 heterocycles. The summed E-state index contributed by atoms with van der Waals surface area (Å²) in [6, 6.07) is 7.18. The molecule has 1 rings (SSSR count). The minimum atomic E-state index is -5.80. The van der Waals surface area contributed by atoms with Crippen molar-refractivity contribution in [2.75, 3.05) is 0 Å². The van der Waals surface area contributed by atoms with E-state index in [1.54, 1.807) is 6.07 Å². The third kappa shape index (κ3) is 14.9. The molecule has 14 nitrogen and oxygen atoms in total. The molecule has 140 valence electrons.